The molecule has 2 N–H and O–H groups in total. The summed E-state index contributed by atoms with van der Waals surface area (Å²) in [6.07, 6.45) is 26.3. The molecule has 1 aliphatic rings. The lowest BCUT2D eigenvalue weighted by molar-refractivity contribution is 0.244. The van der Waals surface area contributed by atoms with Crippen molar-refractivity contribution in [2.24, 2.45) is 17.6 Å². The molecular weight excluding hydrogens is 278 g/mol. The lowest BCUT2D eigenvalue weighted by Crippen LogP contribution is -2.14. The van der Waals surface area contributed by atoms with Gasteiger partial charge < -0.3 is 5.73 Å². The van der Waals surface area contributed by atoms with Crippen LogP contribution in [0.1, 0.15) is 122 Å². The molecule has 1 heteroatoms. The fourth-order valence-corrected chi connectivity index (χ4v) is 4.31. The van der Waals surface area contributed by atoms with Crippen LogP contribution in [0.5, 0.6) is 0 Å². The smallest absolute Gasteiger partial charge is 0.00773 e. The molecule has 0 aromatic heterocycles. The van der Waals surface area contributed by atoms with Crippen molar-refractivity contribution in [3.63, 3.8) is 0 Å². The minimum Gasteiger partial charge on any atom is -0.330 e. The maximum Gasteiger partial charge on any atom is -0.00773 e. The second kappa shape index (κ2) is 15.5. The van der Waals surface area contributed by atoms with Crippen molar-refractivity contribution in [1.29, 1.82) is 0 Å². The Hall–Kier alpha value is -0.0400. The van der Waals surface area contributed by atoms with Gasteiger partial charge in [0.15, 0.2) is 0 Å². The SMILES string of the molecule is CCCCCCC1CCC(CCCCCCCCCCN)CC1. The highest BCUT2D eigenvalue weighted by Crippen LogP contribution is 2.34. The average molecular weight is 324 g/mol. The molecule has 0 unspecified atom stereocenters. The van der Waals surface area contributed by atoms with Crippen LogP contribution in [-0.4, -0.2) is 6.54 Å². The molecule has 1 aliphatic carbocycles. The van der Waals surface area contributed by atoms with Crippen LogP contribution in [0.2, 0.25) is 0 Å². The molecule has 1 rings (SSSR count). The summed E-state index contributed by atoms with van der Waals surface area (Å²) in [4.78, 5) is 0. The molecular formula is C22H45N. The molecule has 1 fully saturated rings. The molecule has 0 atom stereocenters. The van der Waals surface area contributed by atoms with Crippen LogP contribution in [-0.2, 0) is 0 Å². The standard InChI is InChI=1S/C22H45N/c1-2-3-4-11-14-21-16-18-22(19-17-21)15-12-9-7-5-6-8-10-13-20-23/h21-22H,2-20,23H2,1H3. The van der Waals surface area contributed by atoms with Gasteiger partial charge in [-0.15, -0.1) is 0 Å². The van der Waals surface area contributed by atoms with Crippen LogP contribution in [0, 0.1) is 11.8 Å². The van der Waals surface area contributed by atoms with Crippen molar-refractivity contribution >= 4 is 0 Å². The minimum atomic E-state index is 0.876. The Morgan fingerprint density at radius 2 is 0.957 bits per heavy atom. The van der Waals surface area contributed by atoms with E-state index >= 15 is 0 Å². The van der Waals surface area contributed by atoms with Gasteiger partial charge >= 0.3 is 0 Å². The summed E-state index contributed by atoms with van der Waals surface area (Å²) in [7, 11) is 0. The van der Waals surface area contributed by atoms with Crippen LogP contribution in [0.3, 0.4) is 0 Å². The van der Waals surface area contributed by atoms with Crippen molar-refractivity contribution < 1.29 is 0 Å². The fourth-order valence-electron chi connectivity index (χ4n) is 4.31. The van der Waals surface area contributed by atoms with Gasteiger partial charge in [-0.2, -0.15) is 0 Å². The monoisotopic (exact) mass is 323 g/mol. The van der Waals surface area contributed by atoms with E-state index in [0.717, 1.165) is 18.4 Å². The van der Waals surface area contributed by atoms with Gasteiger partial charge in [0.2, 0.25) is 0 Å². The molecule has 0 bridgehead atoms. The third kappa shape index (κ3) is 12.0. The van der Waals surface area contributed by atoms with E-state index in [1.165, 1.54) is 116 Å². The zero-order chi connectivity index (χ0) is 16.6. The van der Waals surface area contributed by atoms with Crippen molar-refractivity contribution in [3.05, 3.63) is 0 Å². The average Bonchev–Trinajstić information content (AvgIpc) is 2.58. The maximum atomic E-state index is 5.52. The van der Waals surface area contributed by atoms with Crippen molar-refractivity contribution in [2.45, 2.75) is 122 Å². The first-order chi connectivity index (χ1) is 11.4. The van der Waals surface area contributed by atoms with E-state index in [-0.39, 0.29) is 0 Å². The van der Waals surface area contributed by atoms with Gasteiger partial charge in [-0.25, -0.2) is 0 Å². The number of unbranched alkanes of at least 4 members (excludes halogenated alkanes) is 10. The first-order valence-corrected chi connectivity index (χ1v) is 11.1. The molecule has 0 aromatic rings. The molecule has 0 heterocycles. The lowest BCUT2D eigenvalue weighted by atomic mass is 9.78. The molecule has 1 saturated carbocycles. The van der Waals surface area contributed by atoms with Crippen LogP contribution in [0.25, 0.3) is 0 Å². The molecule has 0 spiro atoms. The molecule has 0 aromatic carbocycles. The predicted octanol–water partition coefficient (Wildman–Crippen LogP) is 7.23. The zero-order valence-electron chi connectivity index (χ0n) is 16.2. The molecule has 0 radical (unpaired) electrons. The van der Waals surface area contributed by atoms with Crippen molar-refractivity contribution in [2.75, 3.05) is 6.54 Å². The summed E-state index contributed by atoms with van der Waals surface area (Å²) in [5, 5.41) is 0. The Balaban J connectivity index is 1.84. The normalized spacial score (nSPS) is 21.7. The van der Waals surface area contributed by atoms with E-state index in [4.69, 9.17) is 5.73 Å². The van der Waals surface area contributed by atoms with Gasteiger partial charge in [-0.05, 0) is 24.8 Å². The number of hydrogen-bond acceptors (Lipinski definition) is 1. The highest BCUT2D eigenvalue weighted by molar-refractivity contribution is 4.72. The summed E-state index contributed by atoms with van der Waals surface area (Å²) >= 11 is 0. The summed E-state index contributed by atoms with van der Waals surface area (Å²) in [5.41, 5.74) is 5.52. The number of rotatable bonds is 15. The summed E-state index contributed by atoms with van der Waals surface area (Å²) in [6, 6.07) is 0. The predicted molar refractivity (Wildman–Crippen MR) is 105 cm³/mol. The summed E-state index contributed by atoms with van der Waals surface area (Å²) in [5.74, 6) is 2.16. The summed E-state index contributed by atoms with van der Waals surface area (Å²) in [6.45, 7) is 3.19. The quantitative estimate of drug-likeness (QED) is 0.316. The van der Waals surface area contributed by atoms with E-state index in [2.05, 4.69) is 6.92 Å². The molecule has 0 aliphatic heterocycles. The van der Waals surface area contributed by atoms with E-state index in [0.29, 0.717) is 0 Å². The van der Waals surface area contributed by atoms with Crippen LogP contribution in [0.15, 0.2) is 0 Å². The van der Waals surface area contributed by atoms with Gasteiger partial charge in [-0.1, -0.05) is 116 Å². The number of hydrogen-bond donors (Lipinski definition) is 1. The van der Waals surface area contributed by atoms with Crippen molar-refractivity contribution in [1.82, 2.24) is 0 Å². The zero-order valence-corrected chi connectivity index (χ0v) is 16.2. The van der Waals surface area contributed by atoms with E-state index < -0.39 is 0 Å². The van der Waals surface area contributed by atoms with E-state index in [1.807, 2.05) is 0 Å². The van der Waals surface area contributed by atoms with Gasteiger partial charge in [0.05, 0.1) is 0 Å². The second-order valence-corrected chi connectivity index (χ2v) is 8.14. The highest BCUT2D eigenvalue weighted by atomic mass is 14.5. The van der Waals surface area contributed by atoms with E-state index in [9.17, 15) is 0 Å². The van der Waals surface area contributed by atoms with Crippen LogP contribution >= 0.6 is 0 Å². The Bertz CT molecular complexity index is 230. The van der Waals surface area contributed by atoms with Gasteiger partial charge in [0.25, 0.3) is 0 Å². The Labute approximate surface area is 147 Å². The first kappa shape index (κ1) is 21.0. The lowest BCUT2D eigenvalue weighted by Gasteiger charge is -2.28. The Morgan fingerprint density at radius 1 is 0.565 bits per heavy atom. The Kier molecular flexibility index (Phi) is 14.1. The largest absolute Gasteiger partial charge is 0.330 e. The third-order valence-corrected chi connectivity index (χ3v) is 6.00. The fraction of sp³-hybridized carbons (Fsp3) is 1.00. The van der Waals surface area contributed by atoms with Crippen molar-refractivity contribution in [3.8, 4) is 0 Å². The van der Waals surface area contributed by atoms with Crippen LogP contribution in [0.4, 0.5) is 0 Å². The molecule has 0 amide bonds. The first-order valence-electron chi connectivity index (χ1n) is 11.1. The molecule has 1 nitrogen and oxygen atoms in total. The summed E-state index contributed by atoms with van der Waals surface area (Å²) < 4.78 is 0. The second-order valence-electron chi connectivity index (χ2n) is 8.14. The molecule has 23 heavy (non-hydrogen) atoms. The van der Waals surface area contributed by atoms with Gasteiger partial charge in [-0.3, -0.25) is 0 Å². The molecule has 0 saturated heterocycles. The van der Waals surface area contributed by atoms with Gasteiger partial charge in [0, 0.05) is 0 Å². The number of nitrogens with two attached hydrogens (primary N) is 1. The highest BCUT2D eigenvalue weighted by Gasteiger charge is 2.20. The van der Waals surface area contributed by atoms with Crippen LogP contribution < -0.4 is 5.73 Å². The topological polar surface area (TPSA) is 26.0 Å². The van der Waals surface area contributed by atoms with E-state index in [1.54, 1.807) is 0 Å². The van der Waals surface area contributed by atoms with Gasteiger partial charge in [0.1, 0.15) is 0 Å². The maximum absolute atomic E-state index is 5.52. The third-order valence-electron chi connectivity index (χ3n) is 6.00. The molecule has 138 valence electrons. The Morgan fingerprint density at radius 3 is 1.39 bits per heavy atom. The minimum absolute atomic E-state index is 0.876.